The van der Waals surface area contributed by atoms with Crippen LogP contribution in [0.4, 0.5) is 18.9 Å². The Morgan fingerprint density at radius 2 is 1.82 bits per heavy atom. The van der Waals surface area contributed by atoms with Gasteiger partial charge in [0.25, 0.3) is 5.56 Å². The second kappa shape index (κ2) is 15.2. The Kier molecular flexibility index (Phi) is 12.7. The second-order valence-corrected chi connectivity index (χ2v) is 9.74. The third-order valence-electron chi connectivity index (χ3n) is 4.73. The summed E-state index contributed by atoms with van der Waals surface area (Å²) in [5.74, 6) is -3.56. The van der Waals surface area contributed by atoms with Gasteiger partial charge in [-0.25, -0.2) is 18.2 Å². The number of rotatable bonds is 12. The molecular weight excluding hydrogens is 563 g/mol. The minimum atomic E-state index is -5.08. The molecule has 7 N–H and O–H groups in total. The van der Waals surface area contributed by atoms with Crippen LogP contribution in [0.2, 0.25) is 0 Å². The van der Waals surface area contributed by atoms with E-state index in [-0.39, 0.29) is 23.2 Å². The van der Waals surface area contributed by atoms with Crippen molar-refractivity contribution in [1.82, 2.24) is 14.9 Å². The van der Waals surface area contributed by atoms with Gasteiger partial charge in [-0.2, -0.15) is 13.2 Å². The molecule has 1 amide bonds. The summed E-state index contributed by atoms with van der Waals surface area (Å²) in [5.41, 5.74) is 10.00. The summed E-state index contributed by atoms with van der Waals surface area (Å²) in [5, 5.41) is 9.64. The quantitative estimate of drug-likeness (QED) is 0.0949. The van der Waals surface area contributed by atoms with Crippen molar-refractivity contribution < 1.29 is 41.1 Å². The predicted molar refractivity (Wildman–Crippen MR) is 138 cm³/mol. The number of nitrogens with two attached hydrogens (primary N) is 2. The lowest BCUT2D eigenvalue weighted by Gasteiger charge is -2.15. The lowest BCUT2D eigenvalue weighted by Crippen LogP contribution is -2.41. The molecule has 1 heterocycles. The average Bonchev–Trinajstić information content (AvgIpc) is 2.85. The molecule has 40 heavy (non-hydrogen) atoms. The molecule has 0 radical (unpaired) electrons. The van der Waals surface area contributed by atoms with E-state index in [9.17, 15) is 36.0 Å². The first-order valence-electron chi connectivity index (χ1n) is 11.3. The maximum Gasteiger partial charge on any atom is 0.490 e. The van der Waals surface area contributed by atoms with Gasteiger partial charge in [-0.15, -0.1) is 0 Å². The zero-order valence-electron chi connectivity index (χ0n) is 21.1. The number of amides is 1. The summed E-state index contributed by atoms with van der Waals surface area (Å²) in [4.78, 5) is 53.2. The molecule has 0 saturated carbocycles. The van der Waals surface area contributed by atoms with Crippen molar-refractivity contribution >= 4 is 39.8 Å². The third-order valence-corrected chi connectivity index (χ3v) is 5.98. The number of sulfonamides is 1. The number of hydrogen-bond acceptors (Lipinski definition) is 8. The van der Waals surface area contributed by atoms with Crippen molar-refractivity contribution in [3.63, 3.8) is 0 Å². The minimum Gasteiger partial charge on any atom is -0.475 e. The summed E-state index contributed by atoms with van der Waals surface area (Å²) in [6.07, 6.45) is -2.64. The summed E-state index contributed by atoms with van der Waals surface area (Å²) in [7, 11) is -3.89. The minimum absolute atomic E-state index is 0.0664. The number of nitrogens with zero attached hydrogens (tertiary/aromatic N) is 3. The van der Waals surface area contributed by atoms with Crippen LogP contribution in [0.3, 0.4) is 0 Å². The highest BCUT2D eigenvalue weighted by Crippen LogP contribution is 2.13. The number of aldehydes is 1. The lowest BCUT2D eigenvalue weighted by molar-refractivity contribution is -0.192. The molecule has 1 unspecified atom stereocenters. The van der Waals surface area contributed by atoms with E-state index in [1.54, 1.807) is 30.3 Å². The van der Waals surface area contributed by atoms with Crippen LogP contribution in [0.15, 0.2) is 46.3 Å². The molecule has 0 aliphatic rings. The number of carbonyl (C=O) groups is 3. The second-order valence-electron chi connectivity index (χ2n) is 8.02. The number of anilines is 1. The van der Waals surface area contributed by atoms with Crippen molar-refractivity contribution in [2.45, 2.75) is 44.3 Å². The molecular formula is C22H28F3N7O7S. The number of aromatic nitrogens is 2. The van der Waals surface area contributed by atoms with Crippen LogP contribution in [-0.2, 0) is 36.7 Å². The first kappa shape index (κ1) is 33.5. The van der Waals surface area contributed by atoms with E-state index >= 15 is 0 Å². The van der Waals surface area contributed by atoms with Crippen LogP contribution in [0.1, 0.15) is 24.2 Å². The van der Waals surface area contributed by atoms with Crippen LogP contribution in [-0.4, -0.2) is 66.0 Å². The molecule has 0 spiro atoms. The van der Waals surface area contributed by atoms with E-state index in [1.807, 2.05) is 0 Å². The van der Waals surface area contributed by atoms with Crippen LogP contribution < -0.4 is 27.1 Å². The van der Waals surface area contributed by atoms with Crippen LogP contribution in [0, 0.1) is 6.92 Å². The fourth-order valence-electron chi connectivity index (χ4n) is 2.92. The highest BCUT2D eigenvalue weighted by molar-refractivity contribution is 7.91. The van der Waals surface area contributed by atoms with Gasteiger partial charge in [-0.1, -0.05) is 30.3 Å². The molecule has 0 aliphatic heterocycles. The molecule has 220 valence electrons. The normalized spacial score (nSPS) is 11.8. The summed E-state index contributed by atoms with van der Waals surface area (Å²) < 4.78 is 59.9. The molecule has 0 fully saturated rings. The van der Waals surface area contributed by atoms with Crippen molar-refractivity contribution in [2.75, 3.05) is 11.3 Å². The average molecular weight is 592 g/mol. The van der Waals surface area contributed by atoms with E-state index in [2.05, 4.69) is 20.0 Å². The number of nitrogens with one attached hydrogen (secondary N) is 2. The van der Waals surface area contributed by atoms with Gasteiger partial charge in [0.15, 0.2) is 5.96 Å². The standard InChI is InChI=1S/C20H27N7O5S.C2HF3O2/c1-14-24-10-17(26-33(31,32)13-15-6-3-2-4-7-15)19(30)27(14)11-18(29)25-16(12-28)8-5-9-23-20(21)22;3-2(4,5)1(6)7/h2-4,6-7,10,12,16,26H,5,8-9,11,13H2,1H3,(H,25,29)(H4,21,22,23);(H,6,7). The Morgan fingerprint density at radius 1 is 1.23 bits per heavy atom. The van der Waals surface area contributed by atoms with Crippen molar-refractivity contribution in [2.24, 2.45) is 16.5 Å². The summed E-state index contributed by atoms with van der Waals surface area (Å²) in [6, 6.07) is 7.68. The van der Waals surface area contributed by atoms with E-state index in [1.165, 1.54) is 6.92 Å². The molecule has 1 aromatic heterocycles. The number of guanidine groups is 1. The van der Waals surface area contributed by atoms with Crippen molar-refractivity contribution in [3.05, 3.63) is 58.3 Å². The number of aliphatic imine (C=N–C) groups is 1. The first-order valence-corrected chi connectivity index (χ1v) is 12.9. The van der Waals surface area contributed by atoms with Crippen LogP contribution in [0.25, 0.3) is 0 Å². The van der Waals surface area contributed by atoms with Gasteiger partial charge in [0.05, 0.1) is 18.0 Å². The molecule has 0 saturated heterocycles. The number of carboxylic acids is 1. The number of hydrogen-bond donors (Lipinski definition) is 5. The highest BCUT2D eigenvalue weighted by Gasteiger charge is 2.38. The van der Waals surface area contributed by atoms with Crippen molar-refractivity contribution in [1.29, 1.82) is 0 Å². The Hall–Kier alpha value is -4.48. The van der Waals surface area contributed by atoms with Gasteiger partial charge in [-0.05, 0) is 25.3 Å². The van der Waals surface area contributed by atoms with Gasteiger partial charge in [0.1, 0.15) is 24.3 Å². The van der Waals surface area contributed by atoms with Gasteiger partial charge in [0.2, 0.25) is 15.9 Å². The molecule has 1 aromatic carbocycles. The Balaban J connectivity index is 0.00000101. The largest absolute Gasteiger partial charge is 0.490 e. The number of alkyl halides is 3. The smallest absolute Gasteiger partial charge is 0.475 e. The molecule has 0 aliphatic carbocycles. The van der Waals surface area contributed by atoms with Gasteiger partial charge < -0.3 is 26.7 Å². The fourth-order valence-corrected chi connectivity index (χ4v) is 4.10. The topological polar surface area (TPSA) is 229 Å². The number of carbonyl (C=O) groups excluding carboxylic acids is 2. The van der Waals surface area contributed by atoms with Crippen LogP contribution >= 0.6 is 0 Å². The maximum absolute atomic E-state index is 12.8. The summed E-state index contributed by atoms with van der Waals surface area (Å²) >= 11 is 0. The van der Waals surface area contributed by atoms with Crippen molar-refractivity contribution in [3.8, 4) is 0 Å². The van der Waals surface area contributed by atoms with E-state index in [0.29, 0.717) is 31.2 Å². The maximum atomic E-state index is 12.8. The molecule has 1 atom stereocenters. The first-order chi connectivity index (χ1) is 18.6. The van der Waals surface area contributed by atoms with Gasteiger partial charge in [-0.3, -0.25) is 23.9 Å². The van der Waals surface area contributed by atoms with Gasteiger partial charge in [0, 0.05) is 6.54 Å². The molecule has 18 heteroatoms. The fraction of sp³-hybridized carbons (Fsp3) is 0.364. The Bertz CT molecular complexity index is 1360. The highest BCUT2D eigenvalue weighted by atomic mass is 32.2. The molecule has 2 rings (SSSR count). The SMILES string of the molecule is Cc1ncc(NS(=O)(=O)Cc2ccccc2)c(=O)n1CC(=O)NC(C=O)CCCN=C(N)N.O=C(O)C(F)(F)F. The molecule has 2 aromatic rings. The predicted octanol–water partition coefficient (Wildman–Crippen LogP) is -0.136. The summed E-state index contributed by atoms with van der Waals surface area (Å²) in [6.45, 7) is 1.36. The zero-order chi connectivity index (χ0) is 30.5. The number of halogens is 3. The number of carboxylic acid groups (broad SMARTS) is 1. The zero-order valence-corrected chi connectivity index (χ0v) is 21.9. The van der Waals surface area contributed by atoms with E-state index in [4.69, 9.17) is 21.4 Å². The number of benzene rings is 1. The molecule has 14 nitrogen and oxygen atoms in total. The molecule has 0 bridgehead atoms. The van der Waals surface area contributed by atoms with E-state index < -0.39 is 46.2 Å². The van der Waals surface area contributed by atoms with Gasteiger partial charge >= 0.3 is 12.1 Å². The van der Waals surface area contributed by atoms with Crippen LogP contribution in [0.5, 0.6) is 0 Å². The number of aliphatic carboxylic acids is 1. The van der Waals surface area contributed by atoms with E-state index in [0.717, 1.165) is 10.8 Å². The number of aryl methyl sites for hydroxylation is 1. The Labute approximate surface area is 226 Å². The lowest BCUT2D eigenvalue weighted by atomic mass is 10.2. The Morgan fingerprint density at radius 3 is 2.35 bits per heavy atom. The third kappa shape index (κ3) is 12.4. The monoisotopic (exact) mass is 591 g/mol.